The predicted octanol–water partition coefficient (Wildman–Crippen LogP) is 1.66. The van der Waals surface area contributed by atoms with E-state index in [0.717, 1.165) is 5.56 Å². The molecule has 1 rings (SSSR count). The summed E-state index contributed by atoms with van der Waals surface area (Å²) in [6.07, 6.45) is 1.65. The monoisotopic (exact) mass is 191 g/mol. The Balaban J connectivity index is 2.88. The summed E-state index contributed by atoms with van der Waals surface area (Å²) in [6.45, 7) is 3.59. The first-order chi connectivity index (χ1) is 6.69. The standard InChI is InChI=1S/C11H13NO2/c1-3-10(12)8-4-6-9(7-5-8)11(13)14-2/h3-7,10H,1,12H2,2H3/t10-/m0/s1. The molecule has 74 valence electrons. The first-order valence-corrected chi connectivity index (χ1v) is 4.25. The molecule has 1 aromatic rings. The third kappa shape index (κ3) is 2.20. The molecule has 0 spiro atoms. The summed E-state index contributed by atoms with van der Waals surface area (Å²) in [4.78, 5) is 11.1. The number of hydrogen-bond acceptors (Lipinski definition) is 3. The van der Waals surface area contributed by atoms with Crippen LogP contribution in [0.15, 0.2) is 36.9 Å². The van der Waals surface area contributed by atoms with Crippen molar-refractivity contribution in [2.75, 3.05) is 7.11 Å². The molecule has 0 aliphatic heterocycles. The second-order valence-corrected chi connectivity index (χ2v) is 2.88. The summed E-state index contributed by atoms with van der Waals surface area (Å²) in [6, 6.07) is 6.76. The van der Waals surface area contributed by atoms with Crippen LogP contribution in [0.4, 0.5) is 0 Å². The van der Waals surface area contributed by atoms with Crippen molar-refractivity contribution < 1.29 is 9.53 Å². The number of esters is 1. The van der Waals surface area contributed by atoms with Crippen LogP contribution >= 0.6 is 0 Å². The highest BCUT2D eigenvalue weighted by Crippen LogP contribution is 2.12. The Morgan fingerprint density at radius 1 is 1.50 bits per heavy atom. The van der Waals surface area contributed by atoms with Crippen LogP contribution in [0.1, 0.15) is 22.0 Å². The van der Waals surface area contributed by atoms with Crippen molar-refractivity contribution in [2.24, 2.45) is 5.73 Å². The van der Waals surface area contributed by atoms with Crippen molar-refractivity contribution in [1.29, 1.82) is 0 Å². The van der Waals surface area contributed by atoms with Gasteiger partial charge in [0.25, 0.3) is 0 Å². The maximum absolute atomic E-state index is 11.1. The molecule has 3 nitrogen and oxygen atoms in total. The Hall–Kier alpha value is -1.61. The van der Waals surface area contributed by atoms with Gasteiger partial charge in [-0.2, -0.15) is 0 Å². The fourth-order valence-electron chi connectivity index (χ4n) is 1.10. The van der Waals surface area contributed by atoms with E-state index in [4.69, 9.17) is 5.73 Å². The van der Waals surface area contributed by atoms with Gasteiger partial charge in [-0.3, -0.25) is 0 Å². The van der Waals surface area contributed by atoms with Crippen LogP contribution in [-0.4, -0.2) is 13.1 Å². The quantitative estimate of drug-likeness (QED) is 0.584. The normalized spacial score (nSPS) is 11.9. The molecular weight excluding hydrogens is 178 g/mol. The molecule has 2 N–H and O–H groups in total. The van der Waals surface area contributed by atoms with E-state index in [1.165, 1.54) is 7.11 Å². The molecule has 0 fully saturated rings. The molecule has 0 heterocycles. The van der Waals surface area contributed by atoms with Crippen molar-refractivity contribution in [3.8, 4) is 0 Å². The highest BCUT2D eigenvalue weighted by Gasteiger charge is 2.06. The number of methoxy groups -OCH3 is 1. The molecule has 0 aromatic heterocycles. The molecule has 0 aliphatic rings. The maximum Gasteiger partial charge on any atom is 0.337 e. The van der Waals surface area contributed by atoms with Crippen LogP contribution in [0.2, 0.25) is 0 Å². The van der Waals surface area contributed by atoms with Crippen LogP contribution in [0.3, 0.4) is 0 Å². The van der Waals surface area contributed by atoms with E-state index >= 15 is 0 Å². The number of hydrogen-bond donors (Lipinski definition) is 1. The molecule has 14 heavy (non-hydrogen) atoms. The second-order valence-electron chi connectivity index (χ2n) is 2.88. The zero-order chi connectivity index (χ0) is 10.6. The minimum atomic E-state index is -0.344. The number of rotatable bonds is 3. The summed E-state index contributed by atoms with van der Waals surface area (Å²) in [7, 11) is 1.35. The topological polar surface area (TPSA) is 52.3 Å². The van der Waals surface area contributed by atoms with Crippen molar-refractivity contribution in [2.45, 2.75) is 6.04 Å². The summed E-state index contributed by atoms with van der Waals surface area (Å²) in [5, 5.41) is 0. The van der Waals surface area contributed by atoms with E-state index < -0.39 is 0 Å². The minimum absolute atomic E-state index is 0.193. The van der Waals surface area contributed by atoms with Gasteiger partial charge in [0.1, 0.15) is 0 Å². The van der Waals surface area contributed by atoms with Gasteiger partial charge in [0.2, 0.25) is 0 Å². The Bertz CT molecular complexity index is 330. The first kappa shape index (κ1) is 10.5. The molecule has 0 radical (unpaired) electrons. The molecule has 0 saturated heterocycles. The van der Waals surface area contributed by atoms with E-state index in [9.17, 15) is 4.79 Å². The Kier molecular flexibility index (Phi) is 3.42. The molecular formula is C11H13NO2. The Morgan fingerprint density at radius 3 is 2.50 bits per heavy atom. The molecule has 0 saturated carbocycles. The van der Waals surface area contributed by atoms with Gasteiger partial charge >= 0.3 is 5.97 Å². The molecule has 0 aliphatic carbocycles. The average molecular weight is 191 g/mol. The van der Waals surface area contributed by atoms with Crippen LogP contribution < -0.4 is 5.73 Å². The number of carbonyl (C=O) groups excluding carboxylic acids is 1. The molecule has 0 unspecified atom stereocenters. The lowest BCUT2D eigenvalue weighted by molar-refractivity contribution is 0.0600. The van der Waals surface area contributed by atoms with E-state index in [2.05, 4.69) is 11.3 Å². The second kappa shape index (κ2) is 4.58. The summed E-state index contributed by atoms with van der Waals surface area (Å²) in [5.41, 5.74) is 7.16. The summed E-state index contributed by atoms with van der Waals surface area (Å²) < 4.78 is 4.57. The van der Waals surface area contributed by atoms with Crippen LogP contribution in [-0.2, 0) is 4.74 Å². The molecule has 1 aromatic carbocycles. The smallest absolute Gasteiger partial charge is 0.337 e. The van der Waals surface area contributed by atoms with E-state index in [0.29, 0.717) is 5.56 Å². The first-order valence-electron chi connectivity index (χ1n) is 4.25. The van der Waals surface area contributed by atoms with Crippen molar-refractivity contribution >= 4 is 5.97 Å². The van der Waals surface area contributed by atoms with Gasteiger partial charge in [-0.05, 0) is 17.7 Å². The van der Waals surface area contributed by atoms with Gasteiger partial charge in [-0.25, -0.2) is 4.79 Å². The maximum atomic E-state index is 11.1. The Labute approximate surface area is 83.2 Å². The highest BCUT2D eigenvalue weighted by atomic mass is 16.5. The van der Waals surface area contributed by atoms with Crippen molar-refractivity contribution in [1.82, 2.24) is 0 Å². The van der Waals surface area contributed by atoms with Gasteiger partial charge in [-0.15, -0.1) is 6.58 Å². The lowest BCUT2D eigenvalue weighted by atomic mass is 10.1. The number of ether oxygens (including phenoxy) is 1. The van der Waals surface area contributed by atoms with Gasteiger partial charge in [0, 0.05) is 6.04 Å². The van der Waals surface area contributed by atoms with E-state index in [-0.39, 0.29) is 12.0 Å². The zero-order valence-electron chi connectivity index (χ0n) is 8.07. The summed E-state index contributed by atoms with van der Waals surface area (Å²) in [5.74, 6) is -0.344. The van der Waals surface area contributed by atoms with Crippen LogP contribution in [0.5, 0.6) is 0 Å². The third-order valence-corrected chi connectivity index (χ3v) is 1.97. The zero-order valence-corrected chi connectivity index (χ0v) is 8.07. The fourth-order valence-corrected chi connectivity index (χ4v) is 1.10. The molecule has 1 atom stereocenters. The average Bonchev–Trinajstić information content (AvgIpc) is 2.27. The van der Waals surface area contributed by atoms with Gasteiger partial charge in [0.05, 0.1) is 12.7 Å². The Morgan fingerprint density at radius 2 is 2.07 bits per heavy atom. The fraction of sp³-hybridized carbons (Fsp3) is 0.182. The van der Waals surface area contributed by atoms with Gasteiger partial charge in [0.15, 0.2) is 0 Å². The number of benzene rings is 1. The third-order valence-electron chi connectivity index (χ3n) is 1.97. The predicted molar refractivity (Wildman–Crippen MR) is 54.9 cm³/mol. The van der Waals surface area contributed by atoms with Crippen LogP contribution in [0, 0.1) is 0 Å². The molecule has 0 bridgehead atoms. The molecule has 3 heteroatoms. The van der Waals surface area contributed by atoms with Crippen LogP contribution in [0.25, 0.3) is 0 Å². The summed E-state index contributed by atoms with van der Waals surface area (Å²) >= 11 is 0. The lowest BCUT2D eigenvalue weighted by Crippen LogP contribution is -2.07. The SMILES string of the molecule is C=C[C@H](N)c1ccc(C(=O)OC)cc1. The molecule has 0 amide bonds. The number of carbonyl (C=O) groups is 1. The van der Waals surface area contributed by atoms with Gasteiger partial charge in [-0.1, -0.05) is 18.2 Å². The van der Waals surface area contributed by atoms with Gasteiger partial charge < -0.3 is 10.5 Å². The number of nitrogens with two attached hydrogens (primary N) is 1. The van der Waals surface area contributed by atoms with E-state index in [1.54, 1.807) is 30.3 Å². The highest BCUT2D eigenvalue weighted by molar-refractivity contribution is 5.89. The minimum Gasteiger partial charge on any atom is -0.465 e. The lowest BCUT2D eigenvalue weighted by Gasteiger charge is -2.06. The largest absolute Gasteiger partial charge is 0.465 e. The van der Waals surface area contributed by atoms with E-state index in [1.807, 2.05) is 0 Å². The van der Waals surface area contributed by atoms with Crippen molar-refractivity contribution in [3.63, 3.8) is 0 Å². The van der Waals surface area contributed by atoms with Crippen molar-refractivity contribution in [3.05, 3.63) is 48.0 Å².